The van der Waals surface area contributed by atoms with Gasteiger partial charge >= 0.3 is 12.3 Å². The minimum atomic E-state index is -4.65. The van der Waals surface area contributed by atoms with Crippen molar-refractivity contribution in [2.45, 2.75) is 39.0 Å². The number of aryl methyl sites for hydroxylation is 1. The molecule has 0 saturated carbocycles. The van der Waals surface area contributed by atoms with Crippen molar-refractivity contribution in [3.8, 4) is 0 Å². The normalized spacial score (nSPS) is 20.6. The zero-order valence-corrected chi connectivity index (χ0v) is 16.1. The first kappa shape index (κ1) is 20.7. The van der Waals surface area contributed by atoms with Crippen LogP contribution in [-0.2, 0) is 0 Å². The van der Waals surface area contributed by atoms with E-state index in [9.17, 15) is 23.1 Å². The Bertz CT molecular complexity index is 859. The third-order valence-corrected chi connectivity index (χ3v) is 4.92. The number of aromatic amines is 1. The number of hydrogen-bond acceptors (Lipinski definition) is 6. The maximum Gasteiger partial charge on any atom is 0.408 e. The van der Waals surface area contributed by atoms with Crippen LogP contribution in [0.4, 0.5) is 35.5 Å². The van der Waals surface area contributed by atoms with Gasteiger partial charge in [0.1, 0.15) is 11.9 Å². The fourth-order valence-corrected chi connectivity index (χ4v) is 3.45. The molecule has 0 spiro atoms. The highest BCUT2D eigenvalue weighted by Gasteiger charge is 2.48. The molecule has 158 valence electrons. The summed E-state index contributed by atoms with van der Waals surface area (Å²) in [5.41, 5.74) is 0.655. The number of nitrogens with zero attached hydrogens (tertiary/aromatic N) is 5. The van der Waals surface area contributed by atoms with Crippen LogP contribution in [0.3, 0.4) is 0 Å². The fraction of sp³-hybridized carbons (Fsp3) is 0.529. The van der Waals surface area contributed by atoms with Crippen molar-refractivity contribution in [3.05, 3.63) is 24.0 Å². The van der Waals surface area contributed by atoms with Gasteiger partial charge in [0, 0.05) is 37.1 Å². The lowest BCUT2D eigenvalue weighted by Crippen LogP contribution is -2.54. The van der Waals surface area contributed by atoms with Crippen molar-refractivity contribution >= 4 is 23.7 Å². The third-order valence-electron chi connectivity index (χ3n) is 4.92. The number of rotatable bonds is 5. The van der Waals surface area contributed by atoms with Gasteiger partial charge in [-0.3, -0.25) is 10.00 Å². The van der Waals surface area contributed by atoms with Gasteiger partial charge in [-0.15, -0.1) is 0 Å². The highest BCUT2D eigenvalue weighted by Crippen LogP contribution is 2.32. The van der Waals surface area contributed by atoms with Gasteiger partial charge in [0.25, 0.3) is 0 Å². The van der Waals surface area contributed by atoms with Gasteiger partial charge in [0.05, 0.1) is 6.04 Å². The first-order valence-electron chi connectivity index (χ1n) is 9.01. The lowest BCUT2D eigenvalue weighted by Gasteiger charge is -2.34. The summed E-state index contributed by atoms with van der Waals surface area (Å²) in [7, 11) is 0. The number of hydrogen-bond donors (Lipinski definition) is 3. The van der Waals surface area contributed by atoms with E-state index in [1.54, 1.807) is 37.1 Å². The maximum absolute atomic E-state index is 13.2. The lowest BCUT2D eigenvalue weighted by atomic mass is 10.0. The number of halogens is 3. The lowest BCUT2D eigenvalue weighted by molar-refractivity contribution is -0.178. The molecule has 29 heavy (non-hydrogen) atoms. The Labute approximate surface area is 164 Å². The summed E-state index contributed by atoms with van der Waals surface area (Å²) in [6.07, 6.45) is -4.60. The van der Waals surface area contributed by atoms with Crippen LogP contribution in [0.15, 0.2) is 18.3 Å². The quantitative estimate of drug-likeness (QED) is 0.691. The summed E-state index contributed by atoms with van der Waals surface area (Å²) in [5, 5.41) is 19.1. The molecule has 12 heteroatoms. The summed E-state index contributed by atoms with van der Waals surface area (Å²) >= 11 is 0. The topological polar surface area (TPSA) is 110 Å². The molecule has 2 aromatic rings. The molecule has 0 aromatic carbocycles. The zero-order valence-electron chi connectivity index (χ0n) is 16.1. The summed E-state index contributed by atoms with van der Waals surface area (Å²) in [6.45, 7) is 4.76. The average Bonchev–Trinajstić information content (AvgIpc) is 3.24. The van der Waals surface area contributed by atoms with Crippen LogP contribution in [-0.4, -0.2) is 67.6 Å². The Kier molecular flexibility index (Phi) is 5.53. The Balaban J connectivity index is 1.83. The van der Waals surface area contributed by atoms with E-state index in [2.05, 4.69) is 25.5 Å². The fourth-order valence-electron chi connectivity index (χ4n) is 3.45. The summed E-state index contributed by atoms with van der Waals surface area (Å²) in [4.78, 5) is 22.6. The van der Waals surface area contributed by atoms with Gasteiger partial charge < -0.3 is 15.3 Å². The molecular weight excluding hydrogens is 391 g/mol. The van der Waals surface area contributed by atoms with Gasteiger partial charge in [-0.2, -0.15) is 23.3 Å². The number of amides is 1. The first-order valence-corrected chi connectivity index (χ1v) is 9.01. The summed E-state index contributed by atoms with van der Waals surface area (Å²) in [6, 6.07) is 0.484. The van der Waals surface area contributed by atoms with Crippen LogP contribution in [0.2, 0.25) is 0 Å². The number of anilines is 3. The second kappa shape index (κ2) is 7.76. The highest BCUT2D eigenvalue weighted by atomic mass is 19.4. The van der Waals surface area contributed by atoms with Crippen LogP contribution in [0.25, 0.3) is 0 Å². The van der Waals surface area contributed by atoms with Crippen LogP contribution in [0, 0.1) is 12.8 Å². The number of alkyl halides is 3. The van der Waals surface area contributed by atoms with E-state index in [0.717, 1.165) is 6.92 Å². The van der Waals surface area contributed by atoms with Crippen molar-refractivity contribution in [3.63, 3.8) is 0 Å². The standard InChI is InChI=1S/C17H22F3N7O2/c1-9-7-26(8-12(9)27(16(28)29)11(3)17(18,19)20)15-22-10(2)6-14(24-15)23-13-4-5-21-25-13/h4-6,9,11-12H,7-8H2,1-3H3,(H,28,29)(H2,21,22,23,24,25)/t9-,11?,12+/m1/s1. The van der Waals surface area contributed by atoms with Crippen LogP contribution < -0.4 is 10.2 Å². The smallest absolute Gasteiger partial charge is 0.408 e. The number of aromatic nitrogens is 4. The average molecular weight is 413 g/mol. The van der Waals surface area contributed by atoms with Crippen LogP contribution in [0.1, 0.15) is 19.5 Å². The molecule has 1 unspecified atom stereocenters. The minimum absolute atomic E-state index is 0.0686. The molecule has 1 aliphatic rings. The highest BCUT2D eigenvalue weighted by molar-refractivity contribution is 5.66. The minimum Gasteiger partial charge on any atom is -0.465 e. The predicted octanol–water partition coefficient (Wildman–Crippen LogP) is 3.01. The van der Waals surface area contributed by atoms with Gasteiger partial charge in [0.15, 0.2) is 5.82 Å². The third kappa shape index (κ3) is 4.51. The zero-order chi connectivity index (χ0) is 21.3. The van der Waals surface area contributed by atoms with Crippen LogP contribution in [0.5, 0.6) is 0 Å². The van der Waals surface area contributed by atoms with Gasteiger partial charge in [0.2, 0.25) is 5.95 Å². The van der Waals surface area contributed by atoms with E-state index in [0.29, 0.717) is 34.7 Å². The predicted molar refractivity (Wildman–Crippen MR) is 99.2 cm³/mol. The Morgan fingerprint density at radius 3 is 2.69 bits per heavy atom. The first-order chi connectivity index (χ1) is 13.6. The molecule has 2 aromatic heterocycles. The van der Waals surface area contributed by atoms with E-state index >= 15 is 0 Å². The second-order valence-electron chi connectivity index (χ2n) is 7.14. The van der Waals surface area contributed by atoms with Gasteiger partial charge in [-0.1, -0.05) is 6.92 Å². The Morgan fingerprint density at radius 1 is 1.38 bits per heavy atom. The molecule has 3 heterocycles. The SMILES string of the molecule is Cc1cc(Nc2cc[nH]n2)nc(N2C[C@@H](C)[C@@H](N(C(=O)O)C(C)C(F)(F)F)C2)n1. The van der Waals surface area contributed by atoms with Gasteiger partial charge in [-0.25, -0.2) is 9.78 Å². The summed E-state index contributed by atoms with van der Waals surface area (Å²) in [5.74, 6) is 1.03. The van der Waals surface area contributed by atoms with E-state index in [4.69, 9.17) is 0 Å². The van der Waals surface area contributed by atoms with Crippen LogP contribution >= 0.6 is 0 Å². The molecule has 0 bridgehead atoms. The molecule has 0 aliphatic carbocycles. The number of nitrogens with one attached hydrogen (secondary N) is 2. The molecule has 3 atom stereocenters. The molecule has 1 saturated heterocycles. The molecule has 3 N–H and O–H groups in total. The molecule has 0 radical (unpaired) electrons. The van der Waals surface area contributed by atoms with Crippen molar-refractivity contribution < 1.29 is 23.1 Å². The largest absolute Gasteiger partial charge is 0.465 e. The van der Waals surface area contributed by atoms with Crippen molar-refractivity contribution in [1.82, 2.24) is 25.1 Å². The molecule has 9 nitrogen and oxygen atoms in total. The number of H-pyrrole nitrogens is 1. The maximum atomic E-state index is 13.2. The van der Waals surface area contributed by atoms with E-state index < -0.39 is 24.4 Å². The number of carboxylic acid groups (broad SMARTS) is 1. The Hall–Kier alpha value is -3.05. The molecule has 1 fully saturated rings. The van der Waals surface area contributed by atoms with Crippen molar-refractivity contribution in [2.75, 3.05) is 23.3 Å². The van der Waals surface area contributed by atoms with Gasteiger partial charge in [-0.05, 0) is 19.8 Å². The van der Waals surface area contributed by atoms with E-state index in [1.807, 2.05) is 0 Å². The molecule has 3 rings (SSSR count). The summed E-state index contributed by atoms with van der Waals surface area (Å²) < 4.78 is 39.6. The molecule has 1 amide bonds. The monoisotopic (exact) mass is 413 g/mol. The van der Waals surface area contributed by atoms with Crippen molar-refractivity contribution in [1.29, 1.82) is 0 Å². The van der Waals surface area contributed by atoms with E-state index in [-0.39, 0.29) is 12.5 Å². The number of carbonyl (C=O) groups is 1. The van der Waals surface area contributed by atoms with Crippen molar-refractivity contribution in [2.24, 2.45) is 5.92 Å². The van der Waals surface area contributed by atoms with E-state index in [1.165, 1.54) is 0 Å². The Morgan fingerprint density at radius 2 is 2.10 bits per heavy atom. The molecular formula is C17H22F3N7O2. The second-order valence-corrected chi connectivity index (χ2v) is 7.14. The molecule has 1 aliphatic heterocycles.